The second-order valence-electron chi connectivity index (χ2n) is 12.0. The first-order valence-electron chi connectivity index (χ1n) is 13.2. The molecule has 4 aliphatic rings. The third-order valence-corrected chi connectivity index (χ3v) is 10.1. The number of hydrogen-bond donors (Lipinski definition) is 0. The maximum absolute atomic E-state index is 13.5. The van der Waals surface area contributed by atoms with E-state index in [1.807, 2.05) is 6.92 Å². The molecule has 3 nitrogen and oxygen atoms in total. The van der Waals surface area contributed by atoms with Gasteiger partial charge in [-0.05, 0) is 98.4 Å². The molecule has 0 aliphatic heterocycles. The molecular formula is C29H44O3. The number of esters is 1. The van der Waals surface area contributed by atoms with Gasteiger partial charge in [0.25, 0.3) is 0 Å². The predicted octanol–water partition coefficient (Wildman–Crippen LogP) is 7.20. The van der Waals surface area contributed by atoms with E-state index < -0.39 is 0 Å². The fraction of sp³-hybridized carbons (Fsp3) is 0.793. The highest BCUT2D eigenvalue weighted by Gasteiger charge is 2.57. The van der Waals surface area contributed by atoms with E-state index in [9.17, 15) is 9.59 Å². The monoisotopic (exact) mass is 440 g/mol. The van der Waals surface area contributed by atoms with E-state index in [2.05, 4.69) is 26.8 Å². The third-order valence-electron chi connectivity index (χ3n) is 10.1. The maximum atomic E-state index is 13.5. The number of allylic oxidation sites excluding steroid dienone is 3. The summed E-state index contributed by atoms with van der Waals surface area (Å²) in [7, 11) is 0. The standard InChI is InChI=1S/C29H44O3/c1-19(18-32-21(3)30)9-8-10-20(2)25-17-26(31)27-23-13-12-22-11-6-7-15-28(22,4)24(23)14-16-29(25,27)5/h9,20,22,24-25H,6-8,10-18H2,1-5H3/t20-,22-,24+,25-,28+,29-/m1/s1. The summed E-state index contributed by atoms with van der Waals surface area (Å²) >= 11 is 0. The Morgan fingerprint density at radius 3 is 2.69 bits per heavy atom. The van der Waals surface area contributed by atoms with Gasteiger partial charge in [-0.3, -0.25) is 9.59 Å². The number of rotatable bonds is 6. The van der Waals surface area contributed by atoms with Gasteiger partial charge in [0.2, 0.25) is 0 Å². The van der Waals surface area contributed by atoms with Gasteiger partial charge >= 0.3 is 5.97 Å². The fourth-order valence-corrected chi connectivity index (χ4v) is 8.30. The zero-order valence-electron chi connectivity index (χ0n) is 21.1. The summed E-state index contributed by atoms with van der Waals surface area (Å²) in [5.74, 6) is 2.78. The minimum atomic E-state index is -0.226. The summed E-state index contributed by atoms with van der Waals surface area (Å²) in [5.41, 5.74) is 4.51. The Labute approximate surface area is 195 Å². The molecule has 178 valence electrons. The van der Waals surface area contributed by atoms with Crippen molar-refractivity contribution in [2.45, 2.75) is 105 Å². The SMILES string of the molecule is CC(=O)OCC(C)=CCC[C@@H](C)[C@H]1CC(=O)C2=C3CC[C@H]4CCCC[C@]4(C)[C@H]3CC[C@@]21C. The predicted molar refractivity (Wildman–Crippen MR) is 129 cm³/mol. The fourth-order valence-electron chi connectivity index (χ4n) is 8.30. The van der Waals surface area contributed by atoms with Crippen molar-refractivity contribution in [3.8, 4) is 0 Å². The lowest BCUT2D eigenvalue weighted by Gasteiger charge is -2.55. The van der Waals surface area contributed by atoms with E-state index in [1.54, 1.807) is 5.57 Å². The highest BCUT2D eigenvalue weighted by Crippen LogP contribution is 2.65. The average molecular weight is 441 g/mol. The van der Waals surface area contributed by atoms with E-state index in [0.29, 0.717) is 35.6 Å². The molecule has 3 saturated carbocycles. The van der Waals surface area contributed by atoms with Crippen molar-refractivity contribution >= 4 is 11.8 Å². The van der Waals surface area contributed by atoms with E-state index in [-0.39, 0.29) is 11.4 Å². The Morgan fingerprint density at radius 2 is 1.94 bits per heavy atom. The van der Waals surface area contributed by atoms with Crippen LogP contribution in [0.25, 0.3) is 0 Å². The van der Waals surface area contributed by atoms with Crippen LogP contribution in [0.5, 0.6) is 0 Å². The number of carbonyl (C=O) groups is 2. The molecule has 4 aliphatic carbocycles. The largest absolute Gasteiger partial charge is 0.461 e. The van der Waals surface area contributed by atoms with Crippen LogP contribution in [0.15, 0.2) is 22.8 Å². The minimum Gasteiger partial charge on any atom is -0.461 e. The van der Waals surface area contributed by atoms with Crippen molar-refractivity contribution in [1.82, 2.24) is 0 Å². The van der Waals surface area contributed by atoms with Crippen molar-refractivity contribution in [3.63, 3.8) is 0 Å². The summed E-state index contributed by atoms with van der Waals surface area (Å²) < 4.78 is 5.10. The number of ether oxygens (including phenoxy) is 1. The second-order valence-corrected chi connectivity index (χ2v) is 12.0. The van der Waals surface area contributed by atoms with Crippen LogP contribution >= 0.6 is 0 Å². The number of ketones is 1. The molecule has 0 spiro atoms. The lowest BCUT2D eigenvalue weighted by atomic mass is 9.49. The molecule has 0 aromatic heterocycles. The minimum absolute atomic E-state index is 0.0801. The van der Waals surface area contributed by atoms with E-state index in [0.717, 1.165) is 30.8 Å². The van der Waals surface area contributed by atoms with Crippen LogP contribution in [0.3, 0.4) is 0 Å². The molecule has 32 heavy (non-hydrogen) atoms. The Kier molecular flexibility index (Phi) is 6.76. The van der Waals surface area contributed by atoms with Gasteiger partial charge in [0, 0.05) is 18.9 Å². The zero-order valence-corrected chi connectivity index (χ0v) is 21.1. The number of fused-ring (bicyclic) bond motifs is 4. The molecule has 6 atom stereocenters. The zero-order chi connectivity index (χ0) is 23.1. The highest BCUT2D eigenvalue weighted by molar-refractivity contribution is 6.00. The molecular weight excluding hydrogens is 396 g/mol. The van der Waals surface area contributed by atoms with Crippen LogP contribution in [0.2, 0.25) is 0 Å². The molecule has 0 aromatic carbocycles. The Hall–Kier alpha value is -1.38. The first-order chi connectivity index (χ1) is 15.2. The van der Waals surface area contributed by atoms with Gasteiger partial charge in [0.15, 0.2) is 5.78 Å². The summed E-state index contributed by atoms with van der Waals surface area (Å²) in [4.78, 5) is 24.5. The number of hydrogen-bond acceptors (Lipinski definition) is 3. The molecule has 0 radical (unpaired) electrons. The molecule has 3 heteroatoms. The van der Waals surface area contributed by atoms with Crippen molar-refractivity contribution in [2.24, 2.45) is 34.5 Å². The van der Waals surface area contributed by atoms with Gasteiger partial charge in [0.05, 0.1) is 0 Å². The number of carbonyl (C=O) groups excluding carboxylic acids is 2. The first kappa shape index (κ1) is 23.8. The molecule has 0 saturated heterocycles. The summed E-state index contributed by atoms with van der Waals surface area (Å²) in [5, 5.41) is 0. The van der Waals surface area contributed by atoms with Crippen molar-refractivity contribution in [3.05, 3.63) is 22.8 Å². The van der Waals surface area contributed by atoms with Gasteiger partial charge in [-0.1, -0.05) is 45.3 Å². The van der Waals surface area contributed by atoms with E-state index in [1.165, 1.54) is 63.9 Å². The quantitative estimate of drug-likeness (QED) is 0.324. The van der Waals surface area contributed by atoms with Crippen LogP contribution in [-0.2, 0) is 14.3 Å². The molecule has 0 N–H and O–H groups in total. The number of Topliss-reactive ketones (excluding diaryl/α,β-unsaturated/α-hetero) is 1. The molecule has 0 heterocycles. The summed E-state index contributed by atoms with van der Waals surface area (Å²) in [6, 6.07) is 0. The molecule has 4 rings (SSSR count). The second kappa shape index (κ2) is 9.11. The molecule has 0 amide bonds. The van der Waals surface area contributed by atoms with Gasteiger partial charge < -0.3 is 4.74 Å². The lowest BCUT2D eigenvalue weighted by molar-refractivity contribution is -0.140. The lowest BCUT2D eigenvalue weighted by Crippen LogP contribution is -2.46. The molecule has 0 bridgehead atoms. The normalized spacial score (nSPS) is 38.1. The first-order valence-corrected chi connectivity index (χ1v) is 13.2. The smallest absolute Gasteiger partial charge is 0.302 e. The molecule has 0 aromatic rings. The molecule has 0 unspecified atom stereocenters. The highest BCUT2D eigenvalue weighted by atomic mass is 16.5. The van der Waals surface area contributed by atoms with E-state index >= 15 is 0 Å². The van der Waals surface area contributed by atoms with E-state index in [4.69, 9.17) is 4.74 Å². The Morgan fingerprint density at radius 1 is 1.16 bits per heavy atom. The van der Waals surface area contributed by atoms with Crippen LogP contribution in [0.1, 0.15) is 105 Å². The topological polar surface area (TPSA) is 43.4 Å². The maximum Gasteiger partial charge on any atom is 0.302 e. The Bertz CT molecular complexity index is 820. The van der Waals surface area contributed by atoms with Gasteiger partial charge in [0.1, 0.15) is 6.61 Å². The summed E-state index contributed by atoms with van der Waals surface area (Å²) in [6.07, 6.45) is 15.6. The Balaban J connectivity index is 1.49. The average Bonchev–Trinajstić information content (AvgIpc) is 3.02. The third kappa shape index (κ3) is 4.14. The van der Waals surface area contributed by atoms with Crippen molar-refractivity contribution in [2.75, 3.05) is 6.61 Å². The summed E-state index contributed by atoms with van der Waals surface area (Å²) in [6.45, 7) is 11.2. The van der Waals surface area contributed by atoms with Crippen molar-refractivity contribution in [1.29, 1.82) is 0 Å². The molecule has 3 fully saturated rings. The van der Waals surface area contributed by atoms with Gasteiger partial charge in [-0.15, -0.1) is 0 Å². The van der Waals surface area contributed by atoms with Crippen molar-refractivity contribution < 1.29 is 14.3 Å². The van der Waals surface area contributed by atoms with Crippen LogP contribution in [0, 0.1) is 34.5 Å². The van der Waals surface area contributed by atoms with Crippen LogP contribution in [-0.4, -0.2) is 18.4 Å². The van der Waals surface area contributed by atoms with Gasteiger partial charge in [-0.2, -0.15) is 0 Å². The van der Waals surface area contributed by atoms with Gasteiger partial charge in [-0.25, -0.2) is 0 Å². The van der Waals surface area contributed by atoms with Crippen LogP contribution in [0.4, 0.5) is 0 Å². The van der Waals surface area contributed by atoms with Crippen LogP contribution < -0.4 is 0 Å².